The summed E-state index contributed by atoms with van der Waals surface area (Å²) in [6, 6.07) is 0. The first-order valence-electron chi connectivity index (χ1n) is 4.98. The number of aliphatic imine (C=N–C) groups is 1. The molecule has 0 aromatic rings. The molecular weight excluding hydrogens is 247 g/mol. The Hall–Kier alpha value is 0.170. The third kappa shape index (κ3) is 8.03. The van der Waals surface area contributed by atoms with Gasteiger partial charge in [0, 0.05) is 12.0 Å². The quantitative estimate of drug-likeness (QED) is 0.414. The summed E-state index contributed by atoms with van der Waals surface area (Å²) in [6.07, 6.45) is 6.30. The van der Waals surface area contributed by atoms with Crippen molar-refractivity contribution in [3.05, 3.63) is 12.3 Å². The number of nitrogens with one attached hydrogen (secondary N) is 1. The lowest BCUT2D eigenvalue weighted by Gasteiger charge is -2.19. The predicted molar refractivity (Wildman–Crippen MR) is 75.1 cm³/mol. The first kappa shape index (κ1) is 15.2. The monoisotopic (exact) mass is 266 g/mol. The molecule has 0 saturated carbocycles. The fraction of sp³-hybridized carbons (Fsp3) is 0.667. The van der Waals surface area contributed by atoms with Gasteiger partial charge in [0.25, 0.3) is 0 Å². The van der Waals surface area contributed by atoms with Crippen molar-refractivity contribution in [3.8, 4) is 0 Å². The standard InChI is InChI=1S/C9H19N2OPS2/c1-4-7-10-9-11-13(14,12-6-3)15-8-5-2/h4,7,9H,5-6,8H2,1-3H3,(H,10,11,14). The van der Waals surface area contributed by atoms with E-state index in [1.807, 2.05) is 19.9 Å². The smallest absolute Gasteiger partial charge is 0.211 e. The highest BCUT2D eigenvalue weighted by Crippen LogP contribution is 2.55. The van der Waals surface area contributed by atoms with Crippen molar-refractivity contribution in [1.29, 1.82) is 0 Å². The van der Waals surface area contributed by atoms with Crippen LogP contribution in [0, 0.1) is 0 Å². The summed E-state index contributed by atoms with van der Waals surface area (Å²) in [5.41, 5.74) is -1.96. The number of hydrogen-bond acceptors (Lipinski definition) is 4. The molecule has 0 saturated heterocycles. The van der Waals surface area contributed by atoms with Crippen molar-refractivity contribution in [1.82, 2.24) is 5.09 Å². The molecule has 15 heavy (non-hydrogen) atoms. The molecule has 0 aliphatic carbocycles. The molecule has 0 aromatic heterocycles. The van der Waals surface area contributed by atoms with Gasteiger partial charge in [0.15, 0.2) is 0 Å². The molecule has 0 aliphatic rings. The van der Waals surface area contributed by atoms with Gasteiger partial charge in [-0.15, -0.1) is 0 Å². The highest BCUT2D eigenvalue weighted by atomic mass is 32.9. The fourth-order valence-corrected chi connectivity index (χ4v) is 5.22. The van der Waals surface area contributed by atoms with Crippen LogP contribution in [-0.2, 0) is 16.3 Å². The summed E-state index contributed by atoms with van der Waals surface area (Å²) in [4.78, 5) is 4.02. The van der Waals surface area contributed by atoms with E-state index >= 15 is 0 Å². The molecule has 0 bridgehead atoms. The lowest BCUT2D eigenvalue weighted by molar-refractivity contribution is 0.383. The maximum absolute atomic E-state index is 5.57. The van der Waals surface area contributed by atoms with Gasteiger partial charge in [-0.25, -0.2) is 4.99 Å². The molecule has 0 rings (SSSR count). The Morgan fingerprint density at radius 3 is 2.80 bits per heavy atom. The van der Waals surface area contributed by atoms with Gasteiger partial charge >= 0.3 is 0 Å². The molecule has 0 radical (unpaired) electrons. The van der Waals surface area contributed by atoms with E-state index in [0.717, 1.165) is 12.2 Å². The van der Waals surface area contributed by atoms with Gasteiger partial charge in [0.05, 0.1) is 12.9 Å². The molecule has 0 amide bonds. The zero-order chi connectivity index (χ0) is 11.6. The minimum atomic E-state index is -1.96. The van der Waals surface area contributed by atoms with Crippen LogP contribution in [0.15, 0.2) is 17.3 Å². The molecule has 0 aliphatic heterocycles. The Balaban J connectivity index is 4.17. The fourth-order valence-electron chi connectivity index (χ4n) is 0.726. The topological polar surface area (TPSA) is 33.6 Å². The normalized spacial score (nSPS) is 15.9. The van der Waals surface area contributed by atoms with Crippen LogP contribution in [0.1, 0.15) is 27.2 Å². The second-order valence-corrected chi connectivity index (χ2v) is 9.37. The van der Waals surface area contributed by atoms with Crippen LogP contribution in [0.25, 0.3) is 0 Å². The number of nitrogens with zero attached hydrogens (tertiary/aromatic N) is 1. The Morgan fingerprint density at radius 1 is 1.53 bits per heavy atom. The van der Waals surface area contributed by atoms with E-state index in [-0.39, 0.29) is 0 Å². The molecule has 88 valence electrons. The zero-order valence-corrected chi connectivity index (χ0v) is 12.0. The van der Waals surface area contributed by atoms with Crippen LogP contribution in [0.2, 0.25) is 0 Å². The van der Waals surface area contributed by atoms with Crippen LogP contribution < -0.4 is 5.09 Å². The molecule has 1 unspecified atom stereocenters. The molecule has 0 aromatic carbocycles. The van der Waals surface area contributed by atoms with E-state index in [2.05, 4.69) is 17.0 Å². The molecule has 0 spiro atoms. The second-order valence-electron chi connectivity index (χ2n) is 2.64. The van der Waals surface area contributed by atoms with Gasteiger partial charge in [-0.05, 0) is 32.1 Å². The molecular formula is C9H19N2OPS2. The molecule has 3 nitrogen and oxygen atoms in total. The maximum Gasteiger partial charge on any atom is 0.211 e. The Kier molecular flexibility index (Phi) is 9.51. The highest BCUT2D eigenvalue weighted by molar-refractivity contribution is 8.68. The first-order valence-corrected chi connectivity index (χ1v) is 9.29. The van der Waals surface area contributed by atoms with E-state index < -0.39 is 5.62 Å². The molecule has 1 N–H and O–H groups in total. The van der Waals surface area contributed by atoms with E-state index in [1.165, 1.54) is 0 Å². The number of hydrogen-bond donors (Lipinski definition) is 1. The molecule has 1 atom stereocenters. The van der Waals surface area contributed by atoms with Crippen LogP contribution in [0.4, 0.5) is 0 Å². The molecule has 6 heteroatoms. The predicted octanol–water partition coefficient (Wildman–Crippen LogP) is 3.54. The third-order valence-electron chi connectivity index (χ3n) is 1.29. The van der Waals surface area contributed by atoms with E-state index in [0.29, 0.717) is 6.61 Å². The third-order valence-corrected chi connectivity index (χ3v) is 7.03. The average molecular weight is 266 g/mol. The van der Waals surface area contributed by atoms with Crippen molar-refractivity contribution < 1.29 is 4.52 Å². The first-order chi connectivity index (χ1) is 7.18. The van der Waals surface area contributed by atoms with Gasteiger partial charge in [0.2, 0.25) is 5.62 Å². The van der Waals surface area contributed by atoms with Crippen LogP contribution in [0.5, 0.6) is 0 Å². The van der Waals surface area contributed by atoms with Crippen molar-refractivity contribution in [2.75, 3.05) is 12.4 Å². The molecule has 0 heterocycles. The summed E-state index contributed by atoms with van der Waals surface area (Å²) in [5, 5.41) is 3.09. The SMILES string of the molecule is CC=CN=CNP(=S)(OCC)SCCC. The van der Waals surface area contributed by atoms with Crippen LogP contribution >= 0.6 is 17.0 Å². The van der Waals surface area contributed by atoms with E-state index in [1.54, 1.807) is 23.9 Å². The summed E-state index contributed by atoms with van der Waals surface area (Å²) in [7, 11) is 0. The van der Waals surface area contributed by atoms with Crippen molar-refractivity contribution in [3.63, 3.8) is 0 Å². The zero-order valence-electron chi connectivity index (χ0n) is 9.47. The van der Waals surface area contributed by atoms with Crippen LogP contribution in [0.3, 0.4) is 0 Å². The highest BCUT2D eigenvalue weighted by Gasteiger charge is 2.15. The lowest BCUT2D eigenvalue weighted by Crippen LogP contribution is -2.07. The van der Waals surface area contributed by atoms with Gasteiger partial charge in [0.1, 0.15) is 0 Å². The van der Waals surface area contributed by atoms with Gasteiger partial charge in [-0.1, -0.05) is 24.4 Å². The summed E-state index contributed by atoms with van der Waals surface area (Å²) in [5.74, 6) is 1.02. The van der Waals surface area contributed by atoms with Gasteiger partial charge in [-0.2, -0.15) is 0 Å². The van der Waals surface area contributed by atoms with Crippen molar-refractivity contribution in [2.24, 2.45) is 4.99 Å². The lowest BCUT2D eigenvalue weighted by atomic mass is 10.6. The Bertz CT molecular complexity index is 256. The van der Waals surface area contributed by atoms with Gasteiger partial charge < -0.3 is 9.61 Å². The second kappa shape index (κ2) is 9.40. The van der Waals surface area contributed by atoms with Crippen molar-refractivity contribution >= 4 is 35.1 Å². The largest absolute Gasteiger partial charge is 0.327 e. The van der Waals surface area contributed by atoms with Crippen molar-refractivity contribution in [2.45, 2.75) is 27.2 Å². The van der Waals surface area contributed by atoms with E-state index in [9.17, 15) is 0 Å². The summed E-state index contributed by atoms with van der Waals surface area (Å²) < 4.78 is 5.57. The number of allylic oxidation sites excluding steroid dienone is 1. The molecule has 0 fully saturated rings. The maximum atomic E-state index is 5.57. The van der Waals surface area contributed by atoms with E-state index in [4.69, 9.17) is 16.3 Å². The number of rotatable bonds is 8. The Labute approximate surface area is 102 Å². The minimum absolute atomic E-state index is 0.637. The Morgan fingerprint density at radius 2 is 2.27 bits per heavy atom. The van der Waals surface area contributed by atoms with Crippen LogP contribution in [-0.4, -0.2) is 18.7 Å². The summed E-state index contributed by atoms with van der Waals surface area (Å²) in [6.45, 7) is 6.64. The minimum Gasteiger partial charge on any atom is -0.327 e. The summed E-state index contributed by atoms with van der Waals surface area (Å²) >= 11 is 7.13. The average Bonchev–Trinajstić information content (AvgIpc) is 2.22. The van der Waals surface area contributed by atoms with Gasteiger partial charge in [-0.3, -0.25) is 0 Å².